The Morgan fingerprint density at radius 2 is 1.84 bits per heavy atom. The molecule has 4 rings (SSSR count). The first-order chi connectivity index (χ1) is 15.5. The van der Waals surface area contributed by atoms with E-state index in [0.717, 1.165) is 45.0 Å². The van der Waals surface area contributed by atoms with Crippen molar-refractivity contribution in [3.8, 4) is 5.75 Å². The summed E-state index contributed by atoms with van der Waals surface area (Å²) in [6.07, 6.45) is 2.41. The zero-order chi connectivity index (χ0) is 22.5. The second kappa shape index (κ2) is 10.4. The number of anilines is 1. The summed E-state index contributed by atoms with van der Waals surface area (Å²) in [5, 5.41) is 3.17. The van der Waals surface area contributed by atoms with Crippen molar-refractivity contribution in [3.63, 3.8) is 0 Å². The van der Waals surface area contributed by atoms with E-state index >= 15 is 0 Å². The Labute approximate surface area is 191 Å². The zero-order valence-corrected chi connectivity index (χ0v) is 19.5. The molecule has 2 aliphatic rings. The lowest BCUT2D eigenvalue weighted by atomic mass is 9.95. The molecule has 1 fully saturated rings. The Morgan fingerprint density at radius 1 is 1.09 bits per heavy atom. The van der Waals surface area contributed by atoms with E-state index in [1.54, 1.807) is 0 Å². The molecule has 2 aromatic rings. The molecular formula is C26H35N3O3. The van der Waals surface area contributed by atoms with Crippen molar-refractivity contribution < 1.29 is 14.3 Å². The summed E-state index contributed by atoms with van der Waals surface area (Å²) >= 11 is 0. The van der Waals surface area contributed by atoms with E-state index in [2.05, 4.69) is 40.4 Å². The molecule has 172 valence electrons. The summed E-state index contributed by atoms with van der Waals surface area (Å²) in [6, 6.07) is 14.3. The lowest BCUT2D eigenvalue weighted by molar-refractivity contribution is 0.0162. The third kappa shape index (κ3) is 5.43. The fraction of sp³-hybridized carbons (Fsp3) is 0.500. The van der Waals surface area contributed by atoms with Gasteiger partial charge in [-0.25, -0.2) is 0 Å². The van der Waals surface area contributed by atoms with E-state index in [4.69, 9.17) is 9.47 Å². The van der Waals surface area contributed by atoms with Crippen LogP contribution in [0.25, 0.3) is 0 Å². The Balaban J connectivity index is 1.48. The predicted octanol–water partition coefficient (Wildman–Crippen LogP) is 3.66. The van der Waals surface area contributed by atoms with Crippen LogP contribution in [0.15, 0.2) is 42.5 Å². The van der Waals surface area contributed by atoms with Gasteiger partial charge in [0, 0.05) is 44.5 Å². The summed E-state index contributed by atoms with van der Waals surface area (Å²) in [5.41, 5.74) is 4.64. The zero-order valence-electron chi connectivity index (χ0n) is 19.5. The molecule has 1 saturated heterocycles. The number of benzene rings is 2. The van der Waals surface area contributed by atoms with Crippen LogP contribution in [0.4, 0.5) is 5.69 Å². The van der Waals surface area contributed by atoms with Crippen LogP contribution in [0.2, 0.25) is 0 Å². The summed E-state index contributed by atoms with van der Waals surface area (Å²) < 4.78 is 11.3. The van der Waals surface area contributed by atoms with Gasteiger partial charge in [-0.2, -0.15) is 0 Å². The largest absolute Gasteiger partial charge is 0.491 e. The fourth-order valence-corrected chi connectivity index (χ4v) is 4.61. The number of amides is 1. The Bertz CT molecular complexity index is 907. The van der Waals surface area contributed by atoms with Gasteiger partial charge >= 0.3 is 0 Å². The molecule has 1 atom stereocenters. The molecule has 0 unspecified atom stereocenters. The number of fused-ring (bicyclic) bond motifs is 1. The van der Waals surface area contributed by atoms with Crippen LogP contribution in [0.5, 0.6) is 5.75 Å². The molecule has 0 bridgehead atoms. The van der Waals surface area contributed by atoms with Crippen molar-refractivity contribution in [1.82, 2.24) is 10.2 Å². The van der Waals surface area contributed by atoms with E-state index in [1.807, 2.05) is 38.1 Å². The molecule has 2 heterocycles. The minimum Gasteiger partial charge on any atom is -0.491 e. The Hall–Kier alpha value is -2.57. The lowest BCUT2D eigenvalue weighted by Crippen LogP contribution is -2.44. The number of ether oxygens (including phenoxy) is 2. The van der Waals surface area contributed by atoms with Crippen LogP contribution in [0.3, 0.4) is 0 Å². The molecule has 0 radical (unpaired) electrons. The molecule has 0 aliphatic carbocycles. The lowest BCUT2D eigenvalue weighted by Gasteiger charge is -2.36. The summed E-state index contributed by atoms with van der Waals surface area (Å²) in [5.74, 6) is 0.721. The number of carbonyl (C=O) groups is 1. The van der Waals surface area contributed by atoms with E-state index in [-0.39, 0.29) is 18.1 Å². The molecule has 0 aromatic heterocycles. The average Bonchev–Trinajstić information content (AvgIpc) is 2.80. The predicted molar refractivity (Wildman–Crippen MR) is 128 cm³/mol. The summed E-state index contributed by atoms with van der Waals surface area (Å²) in [7, 11) is 2.16. The van der Waals surface area contributed by atoms with Crippen LogP contribution in [-0.2, 0) is 11.2 Å². The highest BCUT2D eigenvalue weighted by Gasteiger charge is 2.25. The molecule has 1 N–H and O–H groups in total. The number of hydrogen-bond acceptors (Lipinski definition) is 5. The second-order valence-corrected chi connectivity index (χ2v) is 8.98. The van der Waals surface area contributed by atoms with Crippen LogP contribution in [-0.4, -0.2) is 63.4 Å². The molecular weight excluding hydrogens is 402 g/mol. The smallest absolute Gasteiger partial charge is 0.251 e. The number of aryl methyl sites for hydroxylation is 1. The van der Waals surface area contributed by atoms with E-state index in [0.29, 0.717) is 12.1 Å². The summed E-state index contributed by atoms with van der Waals surface area (Å²) in [6.45, 7) is 8.87. The normalized spacial score (nSPS) is 17.7. The molecule has 1 amide bonds. The molecule has 0 saturated carbocycles. The number of nitrogens with one attached hydrogen (secondary N) is 1. The molecule has 2 aromatic carbocycles. The minimum atomic E-state index is -0.0583. The van der Waals surface area contributed by atoms with Gasteiger partial charge in [0.25, 0.3) is 5.91 Å². The highest BCUT2D eigenvalue weighted by Crippen LogP contribution is 2.31. The van der Waals surface area contributed by atoms with Crippen LogP contribution < -0.4 is 15.0 Å². The van der Waals surface area contributed by atoms with Gasteiger partial charge in [0.05, 0.1) is 25.4 Å². The van der Waals surface area contributed by atoms with Crippen LogP contribution in [0, 0.1) is 0 Å². The maximum atomic E-state index is 12.9. The van der Waals surface area contributed by atoms with Crippen molar-refractivity contribution in [2.45, 2.75) is 38.8 Å². The van der Waals surface area contributed by atoms with Crippen molar-refractivity contribution in [2.24, 2.45) is 0 Å². The topological polar surface area (TPSA) is 54.0 Å². The number of carbonyl (C=O) groups excluding carboxylic acids is 1. The third-order valence-electron chi connectivity index (χ3n) is 6.27. The maximum Gasteiger partial charge on any atom is 0.251 e. The van der Waals surface area contributed by atoms with Gasteiger partial charge in [-0.05, 0) is 68.1 Å². The number of rotatable bonds is 7. The minimum absolute atomic E-state index is 0.0583. The Kier molecular flexibility index (Phi) is 7.33. The van der Waals surface area contributed by atoms with Crippen molar-refractivity contribution in [1.29, 1.82) is 0 Å². The van der Waals surface area contributed by atoms with Crippen molar-refractivity contribution in [3.05, 3.63) is 59.2 Å². The molecule has 32 heavy (non-hydrogen) atoms. The SMILES string of the molecule is CC(C)Oc1ccc(C(=O)NC[C@@H](c2ccc3c(c2)CCCN3C)N2CCOCC2)cc1. The first-order valence-electron chi connectivity index (χ1n) is 11.7. The second-order valence-electron chi connectivity index (χ2n) is 8.98. The highest BCUT2D eigenvalue weighted by atomic mass is 16.5. The molecule has 2 aliphatic heterocycles. The van der Waals surface area contributed by atoms with Crippen molar-refractivity contribution >= 4 is 11.6 Å². The van der Waals surface area contributed by atoms with Crippen LogP contribution in [0.1, 0.15) is 47.8 Å². The van der Waals surface area contributed by atoms with Crippen LogP contribution >= 0.6 is 0 Å². The van der Waals surface area contributed by atoms with Gasteiger partial charge in [-0.3, -0.25) is 9.69 Å². The standard InChI is InChI=1S/C26H35N3O3/c1-19(2)32-23-9-6-20(7-10-23)26(30)27-18-25(29-13-15-31-16-14-29)22-8-11-24-21(17-22)5-4-12-28(24)3/h6-11,17,19,25H,4-5,12-16,18H2,1-3H3,(H,27,30)/t25-/m0/s1. The highest BCUT2D eigenvalue weighted by molar-refractivity contribution is 5.94. The molecule has 0 spiro atoms. The molecule has 6 nitrogen and oxygen atoms in total. The van der Waals surface area contributed by atoms with Gasteiger partial charge in [0.1, 0.15) is 5.75 Å². The van der Waals surface area contributed by atoms with E-state index < -0.39 is 0 Å². The summed E-state index contributed by atoms with van der Waals surface area (Å²) in [4.78, 5) is 17.6. The van der Waals surface area contributed by atoms with E-state index in [9.17, 15) is 4.79 Å². The maximum absolute atomic E-state index is 12.9. The Morgan fingerprint density at radius 3 is 2.56 bits per heavy atom. The van der Waals surface area contributed by atoms with Gasteiger partial charge in [0.2, 0.25) is 0 Å². The van der Waals surface area contributed by atoms with Gasteiger partial charge in [-0.1, -0.05) is 12.1 Å². The first-order valence-corrected chi connectivity index (χ1v) is 11.7. The molecule has 6 heteroatoms. The third-order valence-corrected chi connectivity index (χ3v) is 6.27. The quantitative estimate of drug-likeness (QED) is 0.717. The van der Waals surface area contributed by atoms with Crippen molar-refractivity contribution in [2.75, 3.05) is 51.3 Å². The van der Waals surface area contributed by atoms with Gasteiger partial charge in [-0.15, -0.1) is 0 Å². The van der Waals surface area contributed by atoms with Gasteiger partial charge in [0.15, 0.2) is 0 Å². The van der Waals surface area contributed by atoms with Gasteiger partial charge < -0.3 is 19.7 Å². The fourth-order valence-electron chi connectivity index (χ4n) is 4.61. The number of morpholine rings is 1. The first kappa shape index (κ1) is 22.6. The number of nitrogens with zero attached hydrogens (tertiary/aromatic N) is 2. The van der Waals surface area contributed by atoms with E-state index in [1.165, 1.54) is 23.2 Å². The average molecular weight is 438 g/mol. The number of hydrogen-bond donors (Lipinski definition) is 1. The monoisotopic (exact) mass is 437 g/mol.